The lowest BCUT2D eigenvalue weighted by molar-refractivity contribution is -0.147. The molecule has 0 bridgehead atoms. The first-order valence-electron chi connectivity index (χ1n) is 5.61. The number of hydrogen-bond donors (Lipinski definition) is 1. The fourth-order valence-corrected chi connectivity index (χ4v) is 1.99. The minimum atomic E-state index is -0.933. The first-order valence-corrected chi connectivity index (χ1v) is 5.61. The second-order valence-electron chi connectivity index (χ2n) is 4.54. The van der Waals surface area contributed by atoms with Gasteiger partial charge in [0, 0.05) is 5.69 Å². The van der Waals surface area contributed by atoms with Crippen molar-refractivity contribution in [3.05, 3.63) is 17.0 Å². The minimum Gasteiger partial charge on any atom is -0.479 e. The van der Waals surface area contributed by atoms with Gasteiger partial charge < -0.3 is 5.11 Å². The Hall–Kier alpha value is -1.32. The van der Waals surface area contributed by atoms with Gasteiger partial charge in [0.1, 0.15) is 0 Å². The van der Waals surface area contributed by atoms with Crippen LogP contribution in [0.15, 0.2) is 0 Å². The topological polar surface area (TPSA) is 55.1 Å². The smallest absolute Gasteiger partial charge is 0.331 e. The molecule has 0 aromatic carbocycles. The van der Waals surface area contributed by atoms with E-state index in [1.165, 1.54) is 0 Å². The van der Waals surface area contributed by atoms with Crippen LogP contribution in [-0.4, -0.2) is 20.9 Å². The van der Waals surface area contributed by atoms with Gasteiger partial charge in [-0.15, -0.1) is 0 Å². The third-order valence-electron chi connectivity index (χ3n) is 3.32. The molecule has 1 unspecified atom stereocenters. The molecular weight excluding hydrogens is 204 g/mol. The summed E-state index contributed by atoms with van der Waals surface area (Å²) < 4.78 is 1.66. The third kappa shape index (κ3) is 1.84. The summed E-state index contributed by atoms with van der Waals surface area (Å²) in [5.74, 6) is -0.819. The summed E-state index contributed by atoms with van der Waals surface area (Å²) in [6.45, 7) is 9.53. The van der Waals surface area contributed by atoms with Gasteiger partial charge in [-0.2, -0.15) is 5.10 Å². The number of carboxylic acid groups (broad SMARTS) is 1. The molecule has 0 aliphatic rings. The van der Waals surface area contributed by atoms with Gasteiger partial charge in [-0.1, -0.05) is 13.3 Å². The minimum absolute atomic E-state index is 0.587. The molecule has 0 saturated carbocycles. The molecule has 0 radical (unpaired) electrons. The second-order valence-corrected chi connectivity index (χ2v) is 4.54. The van der Waals surface area contributed by atoms with E-state index in [0.717, 1.165) is 23.4 Å². The number of carboxylic acids is 1. The summed E-state index contributed by atoms with van der Waals surface area (Å²) in [7, 11) is 0. The zero-order valence-electron chi connectivity index (χ0n) is 10.7. The molecule has 4 nitrogen and oxygen atoms in total. The molecule has 1 heterocycles. The largest absolute Gasteiger partial charge is 0.479 e. The molecule has 1 aromatic heterocycles. The highest BCUT2D eigenvalue weighted by Crippen LogP contribution is 2.26. The zero-order valence-corrected chi connectivity index (χ0v) is 10.7. The van der Waals surface area contributed by atoms with E-state index < -0.39 is 11.5 Å². The fourth-order valence-electron chi connectivity index (χ4n) is 1.99. The van der Waals surface area contributed by atoms with Gasteiger partial charge in [0.2, 0.25) is 0 Å². The van der Waals surface area contributed by atoms with Crippen molar-refractivity contribution in [1.29, 1.82) is 0 Å². The normalized spacial score (nSPS) is 14.8. The van der Waals surface area contributed by atoms with Crippen LogP contribution in [-0.2, 0) is 10.3 Å². The Kier molecular flexibility index (Phi) is 3.41. The van der Waals surface area contributed by atoms with E-state index in [1.807, 2.05) is 27.7 Å². The summed E-state index contributed by atoms with van der Waals surface area (Å²) in [6, 6.07) is 0. The van der Waals surface area contributed by atoms with Crippen LogP contribution in [0.25, 0.3) is 0 Å². The van der Waals surface area contributed by atoms with Crippen molar-refractivity contribution in [2.45, 2.75) is 53.0 Å². The van der Waals surface area contributed by atoms with E-state index in [2.05, 4.69) is 5.10 Å². The van der Waals surface area contributed by atoms with E-state index in [0.29, 0.717) is 6.42 Å². The molecule has 0 saturated heterocycles. The molecule has 0 amide bonds. The average molecular weight is 224 g/mol. The quantitative estimate of drug-likeness (QED) is 0.854. The van der Waals surface area contributed by atoms with E-state index in [4.69, 9.17) is 0 Å². The lowest BCUT2D eigenvalue weighted by Gasteiger charge is -2.26. The molecule has 1 atom stereocenters. The molecule has 0 aliphatic heterocycles. The Morgan fingerprint density at radius 1 is 1.44 bits per heavy atom. The second kappa shape index (κ2) is 4.28. The number of aliphatic carboxylic acids is 1. The number of nitrogens with zero attached hydrogens (tertiary/aromatic N) is 2. The maximum Gasteiger partial charge on any atom is 0.331 e. The van der Waals surface area contributed by atoms with Crippen LogP contribution in [0.4, 0.5) is 0 Å². The van der Waals surface area contributed by atoms with Gasteiger partial charge in [-0.05, 0) is 39.7 Å². The highest BCUT2D eigenvalue weighted by atomic mass is 16.4. The monoisotopic (exact) mass is 224 g/mol. The number of hydrogen-bond acceptors (Lipinski definition) is 2. The van der Waals surface area contributed by atoms with Crippen LogP contribution in [0.1, 0.15) is 43.6 Å². The van der Waals surface area contributed by atoms with Crippen molar-refractivity contribution in [3.8, 4) is 0 Å². The van der Waals surface area contributed by atoms with Crippen molar-refractivity contribution < 1.29 is 9.90 Å². The predicted molar refractivity (Wildman–Crippen MR) is 62.6 cm³/mol. The zero-order chi connectivity index (χ0) is 12.5. The average Bonchev–Trinajstić information content (AvgIpc) is 2.46. The summed E-state index contributed by atoms with van der Waals surface area (Å²) in [4.78, 5) is 11.4. The first-order chi connectivity index (χ1) is 7.34. The fraction of sp³-hybridized carbons (Fsp3) is 0.667. The molecule has 1 N–H and O–H groups in total. The molecule has 0 aliphatic carbocycles. The van der Waals surface area contributed by atoms with E-state index in [1.54, 1.807) is 11.6 Å². The Balaban J connectivity index is 3.32. The van der Waals surface area contributed by atoms with Crippen LogP contribution in [0.5, 0.6) is 0 Å². The molecule has 4 heteroatoms. The van der Waals surface area contributed by atoms with Crippen molar-refractivity contribution in [2.75, 3.05) is 0 Å². The van der Waals surface area contributed by atoms with Gasteiger partial charge >= 0.3 is 5.97 Å². The van der Waals surface area contributed by atoms with E-state index in [-0.39, 0.29) is 0 Å². The summed E-state index contributed by atoms with van der Waals surface area (Å²) in [5.41, 5.74) is 1.98. The van der Waals surface area contributed by atoms with Gasteiger partial charge in [0.05, 0.1) is 5.69 Å². The summed E-state index contributed by atoms with van der Waals surface area (Å²) >= 11 is 0. The first kappa shape index (κ1) is 12.7. The molecule has 16 heavy (non-hydrogen) atoms. The Morgan fingerprint density at radius 3 is 2.31 bits per heavy atom. The Morgan fingerprint density at radius 2 is 2.00 bits per heavy atom. The van der Waals surface area contributed by atoms with Crippen LogP contribution in [0.2, 0.25) is 0 Å². The number of rotatable bonds is 4. The Labute approximate surface area is 96.3 Å². The number of aryl methyl sites for hydroxylation is 1. The van der Waals surface area contributed by atoms with Gasteiger partial charge in [-0.25, -0.2) is 4.79 Å². The lowest BCUT2D eigenvalue weighted by atomic mass is 9.96. The SMILES string of the molecule is CCCC(C)(C(=O)O)n1nc(C)c(C)c1C. The highest BCUT2D eigenvalue weighted by Gasteiger charge is 2.36. The standard InChI is InChI=1S/C12H20N2O2/c1-6-7-12(5,11(15)16)14-10(4)8(2)9(3)13-14/h6-7H2,1-5H3,(H,15,16). The van der Waals surface area contributed by atoms with E-state index >= 15 is 0 Å². The third-order valence-corrected chi connectivity index (χ3v) is 3.32. The maximum atomic E-state index is 11.4. The van der Waals surface area contributed by atoms with Crippen LogP contribution in [0, 0.1) is 20.8 Å². The summed E-state index contributed by atoms with van der Waals surface area (Å²) in [6.07, 6.45) is 1.41. The molecule has 0 spiro atoms. The number of carbonyl (C=O) groups is 1. The summed E-state index contributed by atoms with van der Waals surface area (Å²) in [5, 5.41) is 13.7. The highest BCUT2D eigenvalue weighted by molar-refractivity contribution is 5.76. The molecule has 1 aromatic rings. The van der Waals surface area contributed by atoms with Crippen LogP contribution >= 0.6 is 0 Å². The van der Waals surface area contributed by atoms with Crippen molar-refractivity contribution in [2.24, 2.45) is 0 Å². The van der Waals surface area contributed by atoms with E-state index in [9.17, 15) is 9.90 Å². The van der Waals surface area contributed by atoms with Crippen LogP contribution < -0.4 is 0 Å². The van der Waals surface area contributed by atoms with Crippen LogP contribution in [0.3, 0.4) is 0 Å². The molecule has 1 rings (SSSR count). The number of aromatic nitrogens is 2. The predicted octanol–water partition coefficient (Wildman–Crippen LogP) is 2.41. The lowest BCUT2D eigenvalue weighted by Crippen LogP contribution is -2.40. The van der Waals surface area contributed by atoms with Crippen molar-refractivity contribution >= 4 is 5.97 Å². The molecular formula is C12H20N2O2. The Bertz CT molecular complexity index is 409. The van der Waals surface area contributed by atoms with Crippen molar-refractivity contribution in [3.63, 3.8) is 0 Å². The van der Waals surface area contributed by atoms with Gasteiger partial charge in [-0.3, -0.25) is 4.68 Å². The molecule has 90 valence electrons. The molecule has 0 fully saturated rings. The van der Waals surface area contributed by atoms with Gasteiger partial charge in [0.15, 0.2) is 5.54 Å². The van der Waals surface area contributed by atoms with Gasteiger partial charge in [0.25, 0.3) is 0 Å². The van der Waals surface area contributed by atoms with Crippen molar-refractivity contribution in [1.82, 2.24) is 9.78 Å². The maximum absolute atomic E-state index is 11.4.